The first kappa shape index (κ1) is 15.0. The molecule has 1 aliphatic carbocycles. The minimum Gasteiger partial charge on any atom is -0.495 e. The lowest BCUT2D eigenvalue weighted by Gasteiger charge is -2.21. The van der Waals surface area contributed by atoms with Crippen molar-refractivity contribution >= 4 is 23.2 Å². The number of carbonyl (C=O) groups is 1. The van der Waals surface area contributed by atoms with Gasteiger partial charge in [-0.25, -0.2) is 0 Å². The van der Waals surface area contributed by atoms with E-state index < -0.39 is 0 Å². The van der Waals surface area contributed by atoms with Gasteiger partial charge in [0.1, 0.15) is 11.5 Å². The van der Waals surface area contributed by atoms with E-state index in [1.807, 2.05) is 0 Å². The van der Waals surface area contributed by atoms with Crippen LogP contribution in [0.3, 0.4) is 0 Å². The molecular weight excluding hydrogens is 278 g/mol. The Bertz CT molecular complexity index is 484. The van der Waals surface area contributed by atoms with E-state index in [1.165, 1.54) is 6.42 Å². The van der Waals surface area contributed by atoms with Gasteiger partial charge >= 0.3 is 0 Å². The minimum absolute atomic E-state index is 0.0485. The van der Waals surface area contributed by atoms with Crippen LogP contribution in [0.4, 0.5) is 5.69 Å². The van der Waals surface area contributed by atoms with Crippen molar-refractivity contribution in [1.29, 1.82) is 0 Å². The molecule has 0 aromatic heterocycles. The maximum Gasteiger partial charge on any atom is 0.227 e. The molecular formula is C15H20ClNO3. The molecule has 20 heavy (non-hydrogen) atoms. The van der Waals surface area contributed by atoms with Gasteiger partial charge in [0.05, 0.1) is 24.9 Å². The van der Waals surface area contributed by atoms with Crippen molar-refractivity contribution < 1.29 is 14.3 Å². The molecule has 4 nitrogen and oxygen atoms in total. The zero-order valence-corrected chi connectivity index (χ0v) is 12.6. The Morgan fingerprint density at radius 3 is 2.40 bits per heavy atom. The number of halogens is 1. The maximum absolute atomic E-state index is 12.3. The zero-order valence-electron chi connectivity index (χ0n) is 11.9. The molecule has 1 aliphatic rings. The van der Waals surface area contributed by atoms with Gasteiger partial charge < -0.3 is 14.8 Å². The zero-order chi connectivity index (χ0) is 14.5. The number of rotatable bonds is 4. The molecule has 0 unspecified atom stereocenters. The van der Waals surface area contributed by atoms with Crippen molar-refractivity contribution in [1.82, 2.24) is 0 Å². The molecule has 0 atom stereocenters. The molecule has 110 valence electrons. The first-order chi connectivity index (χ1) is 9.65. The van der Waals surface area contributed by atoms with Gasteiger partial charge in [0, 0.05) is 18.1 Å². The first-order valence-electron chi connectivity index (χ1n) is 6.88. The summed E-state index contributed by atoms with van der Waals surface area (Å²) in [6, 6.07) is 3.35. The quantitative estimate of drug-likeness (QED) is 0.917. The van der Waals surface area contributed by atoms with E-state index in [0.717, 1.165) is 25.7 Å². The molecule has 1 N–H and O–H groups in total. The highest BCUT2D eigenvalue weighted by Gasteiger charge is 2.22. The van der Waals surface area contributed by atoms with Crippen molar-refractivity contribution in [2.75, 3.05) is 19.5 Å². The Hall–Kier alpha value is -1.42. The maximum atomic E-state index is 12.3. The topological polar surface area (TPSA) is 47.6 Å². The summed E-state index contributed by atoms with van der Waals surface area (Å²) in [6.45, 7) is 0. The molecule has 0 saturated heterocycles. The van der Waals surface area contributed by atoms with E-state index in [2.05, 4.69) is 5.32 Å². The number of hydrogen-bond donors (Lipinski definition) is 1. The normalized spacial score (nSPS) is 15.8. The van der Waals surface area contributed by atoms with Gasteiger partial charge in [-0.05, 0) is 12.8 Å². The van der Waals surface area contributed by atoms with E-state index in [4.69, 9.17) is 21.1 Å². The fraction of sp³-hybridized carbons (Fsp3) is 0.533. The van der Waals surface area contributed by atoms with E-state index >= 15 is 0 Å². The first-order valence-corrected chi connectivity index (χ1v) is 7.26. The van der Waals surface area contributed by atoms with Gasteiger partial charge in [-0.15, -0.1) is 0 Å². The molecule has 1 amide bonds. The van der Waals surface area contributed by atoms with E-state index in [1.54, 1.807) is 26.4 Å². The van der Waals surface area contributed by atoms with Gasteiger partial charge in [-0.1, -0.05) is 30.9 Å². The van der Waals surface area contributed by atoms with Gasteiger partial charge in [0.25, 0.3) is 0 Å². The molecule has 2 rings (SSSR count). The van der Waals surface area contributed by atoms with Gasteiger partial charge in [-0.3, -0.25) is 4.79 Å². The lowest BCUT2D eigenvalue weighted by atomic mass is 9.88. The molecule has 1 fully saturated rings. The minimum atomic E-state index is 0.0485. The summed E-state index contributed by atoms with van der Waals surface area (Å²) >= 11 is 6.05. The summed E-state index contributed by atoms with van der Waals surface area (Å²) < 4.78 is 10.4. The number of methoxy groups -OCH3 is 2. The molecule has 0 heterocycles. The number of nitrogens with one attached hydrogen (secondary N) is 1. The highest BCUT2D eigenvalue weighted by molar-refractivity contribution is 6.32. The van der Waals surface area contributed by atoms with Crippen molar-refractivity contribution in [3.05, 3.63) is 17.2 Å². The standard InChI is InChI=1S/C15H20ClNO3/c1-19-13-9-12(14(20-2)8-11(13)16)17-15(18)10-6-4-3-5-7-10/h8-10H,3-7H2,1-2H3,(H,17,18). The van der Waals surface area contributed by atoms with Crippen LogP contribution in [0.15, 0.2) is 12.1 Å². The predicted octanol–water partition coefficient (Wildman–Crippen LogP) is 3.88. The van der Waals surface area contributed by atoms with Crippen LogP contribution in [0, 0.1) is 5.92 Å². The molecule has 1 aromatic rings. The number of ether oxygens (including phenoxy) is 2. The second kappa shape index (κ2) is 6.84. The third kappa shape index (κ3) is 3.37. The Kier molecular flexibility index (Phi) is 5.12. The Morgan fingerprint density at radius 1 is 1.15 bits per heavy atom. The molecule has 0 spiro atoms. The van der Waals surface area contributed by atoms with Crippen LogP contribution in [0.25, 0.3) is 0 Å². The lowest BCUT2D eigenvalue weighted by Crippen LogP contribution is -2.24. The number of benzene rings is 1. The van der Waals surface area contributed by atoms with Crippen LogP contribution >= 0.6 is 11.6 Å². The smallest absolute Gasteiger partial charge is 0.227 e. The van der Waals surface area contributed by atoms with E-state index in [9.17, 15) is 4.79 Å². The summed E-state index contributed by atoms with van der Waals surface area (Å²) in [4.78, 5) is 12.3. The summed E-state index contributed by atoms with van der Waals surface area (Å²) in [5, 5.41) is 3.39. The van der Waals surface area contributed by atoms with Crippen LogP contribution in [0.1, 0.15) is 32.1 Å². The van der Waals surface area contributed by atoms with Crippen LogP contribution in [-0.4, -0.2) is 20.1 Å². The van der Waals surface area contributed by atoms with Gasteiger partial charge in [0.2, 0.25) is 5.91 Å². The van der Waals surface area contributed by atoms with Crippen LogP contribution in [0.2, 0.25) is 5.02 Å². The van der Waals surface area contributed by atoms with Crippen LogP contribution < -0.4 is 14.8 Å². The Balaban J connectivity index is 2.16. The fourth-order valence-corrected chi connectivity index (χ4v) is 2.79. The number of carbonyl (C=O) groups excluding carboxylic acids is 1. The fourth-order valence-electron chi connectivity index (χ4n) is 2.56. The highest BCUT2D eigenvalue weighted by Crippen LogP contribution is 2.36. The second-order valence-corrected chi connectivity index (χ2v) is 5.42. The van der Waals surface area contributed by atoms with Crippen LogP contribution in [-0.2, 0) is 4.79 Å². The van der Waals surface area contributed by atoms with E-state index in [0.29, 0.717) is 22.2 Å². The van der Waals surface area contributed by atoms with Crippen molar-refractivity contribution in [3.63, 3.8) is 0 Å². The van der Waals surface area contributed by atoms with Crippen molar-refractivity contribution in [3.8, 4) is 11.5 Å². The number of amides is 1. The third-order valence-electron chi connectivity index (χ3n) is 3.71. The summed E-state index contributed by atoms with van der Waals surface area (Å²) in [5.41, 5.74) is 0.601. The number of hydrogen-bond acceptors (Lipinski definition) is 3. The average Bonchev–Trinajstić information content (AvgIpc) is 2.49. The molecule has 1 aromatic carbocycles. The van der Waals surface area contributed by atoms with E-state index in [-0.39, 0.29) is 11.8 Å². The second-order valence-electron chi connectivity index (χ2n) is 5.01. The van der Waals surface area contributed by atoms with Gasteiger partial charge in [0.15, 0.2) is 0 Å². The Morgan fingerprint density at radius 2 is 1.80 bits per heavy atom. The van der Waals surface area contributed by atoms with Crippen molar-refractivity contribution in [2.45, 2.75) is 32.1 Å². The monoisotopic (exact) mass is 297 g/mol. The molecule has 1 saturated carbocycles. The predicted molar refractivity (Wildman–Crippen MR) is 79.8 cm³/mol. The Labute approximate surface area is 124 Å². The molecule has 0 aliphatic heterocycles. The van der Waals surface area contributed by atoms with Crippen molar-refractivity contribution in [2.24, 2.45) is 5.92 Å². The summed E-state index contributed by atoms with van der Waals surface area (Å²) in [7, 11) is 3.09. The SMILES string of the molecule is COc1cc(NC(=O)C2CCCCC2)c(OC)cc1Cl. The summed E-state index contributed by atoms with van der Waals surface area (Å²) in [5.74, 6) is 1.20. The average molecular weight is 298 g/mol. The lowest BCUT2D eigenvalue weighted by molar-refractivity contribution is -0.120. The molecule has 0 radical (unpaired) electrons. The summed E-state index contributed by atoms with van der Waals surface area (Å²) in [6.07, 6.45) is 5.39. The van der Waals surface area contributed by atoms with Gasteiger partial charge in [-0.2, -0.15) is 0 Å². The third-order valence-corrected chi connectivity index (χ3v) is 4.00. The molecule has 0 bridgehead atoms. The largest absolute Gasteiger partial charge is 0.495 e. The molecule has 5 heteroatoms. The number of anilines is 1. The highest BCUT2D eigenvalue weighted by atomic mass is 35.5. The van der Waals surface area contributed by atoms with Crippen LogP contribution in [0.5, 0.6) is 11.5 Å².